The Morgan fingerprint density at radius 2 is 1.15 bits per heavy atom. The van der Waals surface area contributed by atoms with Crippen molar-refractivity contribution in [3.63, 3.8) is 0 Å². The third-order valence-corrected chi connectivity index (χ3v) is 6.84. The normalized spacial score (nSPS) is 11.2. The van der Waals surface area contributed by atoms with E-state index in [1.54, 1.807) is 14.2 Å². The zero-order chi connectivity index (χ0) is 14.2. The molecule has 0 aliphatic rings. The molecule has 0 fully saturated rings. The Labute approximate surface area is 123 Å². The SMILES string of the molecule is COC(OC)[SiH](Cc1ccccc1)Cc1ccccc1. The van der Waals surface area contributed by atoms with Crippen LogP contribution in [0.4, 0.5) is 0 Å². The Hall–Kier alpha value is -1.42. The standard InChI is InChI=1S/C17H22O2Si/c1-18-17(19-2)20(13-15-9-5-3-6-10-15)14-16-11-7-4-8-12-16/h3-12,17,20H,13-14H2,1-2H3. The summed E-state index contributed by atoms with van der Waals surface area (Å²) in [4.78, 5) is 0. The van der Waals surface area contributed by atoms with Crippen molar-refractivity contribution in [2.24, 2.45) is 0 Å². The van der Waals surface area contributed by atoms with Crippen molar-refractivity contribution in [2.75, 3.05) is 14.2 Å². The van der Waals surface area contributed by atoms with Gasteiger partial charge in [-0.15, -0.1) is 0 Å². The summed E-state index contributed by atoms with van der Waals surface area (Å²) in [6, 6.07) is 23.4. The molecule has 0 heterocycles. The third kappa shape index (κ3) is 4.30. The summed E-state index contributed by atoms with van der Waals surface area (Å²) < 4.78 is 11.1. The van der Waals surface area contributed by atoms with Crippen molar-refractivity contribution >= 4 is 8.80 Å². The van der Waals surface area contributed by atoms with Gasteiger partial charge >= 0.3 is 0 Å². The zero-order valence-corrected chi connectivity index (χ0v) is 13.3. The Morgan fingerprint density at radius 1 is 0.750 bits per heavy atom. The highest BCUT2D eigenvalue weighted by molar-refractivity contribution is 6.58. The number of hydrogen-bond donors (Lipinski definition) is 0. The second-order valence-electron chi connectivity index (χ2n) is 4.98. The quantitative estimate of drug-likeness (QED) is 0.575. The lowest BCUT2D eigenvalue weighted by Gasteiger charge is -2.23. The van der Waals surface area contributed by atoms with Crippen LogP contribution in [0.25, 0.3) is 0 Å². The predicted molar refractivity (Wildman–Crippen MR) is 85.2 cm³/mol. The number of methoxy groups -OCH3 is 2. The minimum absolute atomic E-state index is 0.0459. The zero-order valence-electron chi connectivity index (χ0n) is 12.2. The molecule has 0 N–H and O–H groups in total. The van der Waals surface area contributed by atoms with Gasteiger partial charge in [0.2, 0.25) is 0 Å². The van der Waals surface area contributed by atoms with E-state index < -0.39 is 8.80 Å². The van der Waals surface area contributed by atoms with Gasteiger partial charge in [0.05, 0.1) is 0 Å². The third-order valence-electron chi connectivity index (χ3n) is 3.53. The number of hydrogen-bond acceptors (Lipinski definition) is 2. The van der Waals surface area contributed by atoms with Crippen molar-refractivity contribution in [2.45, 2.75) is 18.0 Å². The van der Waals surface area contributed by atoms with Gasteiger partial charge in [0.1, 0.15) is 14.7 Å². The van der Waals surface area contributed by atoms with Crippen LogP contribution in [-0.2, 0) is 21.6 Å². The molecule has 2 aromatic rings. The number of benzene rings is 2. The van der Waals surface area contributed by atoms with Crippen molar-refractivity contribution in [1.29, 1.82) is 0 Å². The maximum atomic E-state index is 5.55. The van der Waals surface area contributed by atoms with Crippen LogP contribution < -0.4 is 0 Å². The Morgan fingerprint density at radius 3 is 1.50 bits per heavy atom. The molecule has 2 rings (SSSR count). The van der Waals surface area contributed by atoms with E-state index in [9.17, 15) is 0 Å². The summed E-state index contributed by atoms with van der Waals surface area (Å²) in [5.41, 5.74) is 2.75. The lowest BCUT2D eigenvalue weighted by Crippen LogP contribution is -2.39. The number of rotatable bonds is 7. The van der Waals surface area contributed by atoms with Gasteiger partial charge in [-0.1, -0.05) is 71.8 Å². The molecule has 0 aliphatic heterocycles. The molecule has 0 amide bonds. The fourth-order valence-electron chi connectivity index (χ4n) is 2.58. The summed E-state index contributed by atoms with van der Waals surface area (Å²) in [7, 11) is 2.23. The van der Waals surface area contributed by atoms with Gasteiger partial charge in [-0.2, -0.15) is 0 Å². The van der Waals surface area contributed by atoms with Gasteiger partial charge in [0.15, 0.2) is 0 Å². The monoisotopic (exact) mass is 286 g/mol. The summed E-state index contributed by atoms with van der Waals surface area (Å²) in [5.74, 6) is -0.0459. The summed E-state index contributed by atoms with van der Waals surface area (Å²) in [5, 5.41) is 0. The van der Waals surface area contributed by atoms with E-state index in [4.69, 9.17) is 9.47 Å². The number of ether oxygens (including phenoxy) is 2. The Balaban J connectivity index is 2.12. The van der Waals surface area contributed by atoms with Crippen LogP contribution >= 0.6 is 0 Å². The van der Waals surface area contributed by atoms with Gasteiger partial charge in [-0.3, -0.25) is 0 Å². The summed E-state index contributed by atoms with van der Waals surface area (Å²) in [6.45, 7) is 0. The van der Waals surface area contributed by atoms with Crippen molar-refractivity contribution < 1.29 is 9.47 Å². The smallest absolute Gasteiger partial charge is 0.138 e. The molecule has 0 saturated carbocycles. The highest BCUT2D eigenvalue weighted by Gasteiger charge is 2.23. The molecule has 0 spiro atoms. The van der Waals surface area contributed by atoms with E-state index in [2.05, 4.69) is 60.7 Å². The second kappa shape index (κ2) is 8.00. The van der Waals surface area contributed by atoms with E-state index in [1.165, 1.54) is 11.1 Å². The van der Waals surface area contributed by atoms with Crippen LogP contribution in [0.2, 0.25) is 0 Å². The van der Waals surface area contributed by atoms with Crippen LogP contribution in [0.3, 0.4) is 0 Å². The van der Waals surface area contributed by atoms with Crippen LogP contribution in [0.15, 0.2) is 60.7 Å². The van der Waals surface area contributed by atoms with Gasteiger partial charge in [-0.05, 0) is 12.1 Å². The highest BCUT2D eigenvalue weighted by Crippen LogP contribution is 2.13. The minimum Gasteiger partial charge on any atom is -0.360 e. The Bertz CT molecular complexity index is 441. The first kappa shape index (κ1) is 15.0. The van der Waals surface area contributed by atoms with Gasteiger partial charge < -0.3 is 9.47 Å². The van der Waals surface area contributed by atoms with Crippen molar-refractivity contribution in [3.8, 4) is 0 Å². The molecule has 106 valence electrons. The summed E-state index contributed by atoms with van der Waals surface area (Å²) in [6.07, 6.45) is 0. The van der Waals surface area contributed by atoms with E-state index in [-0.39, 0.29) is 5.91 Å². The first-order valence-electron chi connectivity index (χ1n) is 6.97. The summed E-state index contributed by atoms with van der Waals surface area (Å²) >= 11 is 0. The highest BCUT2D eigenvalue weighted by atomic mass is 28.3. The topological polar surface area (TPSA) is 18.5 Å². The van der Waals surface area contributed by atoms with Crippen LogP contribution in [0.5, 0.6) is 0 Å². The molecule has 2 nitrogen and oxygen atoms in total. The first-order chi connectivity index (χ1) is 9.83. The van der Waals surface area contributed by atoms with Gasteiger partial charge in [0, 0.05) is 14.2 Å². The largest absolute Gasteiger partial charge is 0.360 e. The van der Waals surface area contributed by atoms with E-state index in [1.807, 2.05) is 0 Å². The van der Waals surface area contributed by atoms with Crippen LogP contribution in [-0.4, -0.2) is 28.9 Å². The molecule has 0 unspecified atom stereocenters. The fourth-order valence-corrected chi connectivity index (χ4v) is 5.63. The molecule has 0 aliphatic carbocycles. The maximum absolute atomic E-state index is 5.55. The average Bonchev–Trinajstić information content (AvgIpc) is 2.50. The molecule has 0 atom stereocenters. The maximum Gasteiger partial charge on any atom is 0.138 e. The first-order valence-corrected chi connectivity index (χ1v) is 9.27. The molecule has 2 aromatic carbocycles. The molecular formula is C17H22O2Si. The average molecular weight is 286 g/mol. The molecule has 0 bridgehead atoms. The van der Waals surface area contributed by atoms with E-state index in [0.29, 0.717) is 0 Å². The van der Waals surface area contributed by atoms with Crippen molar-refractivity contribution in [1.82, 2.24) is 0 Å². The second-order valence-corrected chi connectivity index (χ2v) is 7.86. The minimum atomic E-state index is -1.25. The van der Waals surface area contributed by atoms with Gasteiger partial charge in [0.25, 0.3) is 0 Å². The fraction of sp³-hybridized carbons (Fsp3) is 0.294. The van der Waals surface area contributed by atoms with E-state index >= 15 is 0 Å². The van der Waals surface area contributed by atoms with Crippen LogP contribution in [0, 0.1) is 0 Å². The molecule has 0 radical (unpaired) electrons. The predicted octanol–water partition coefficient (Wildman–Crippen LogP) is 2.94. The molecular weight excluding hydrogens is 264 g/mol. The molecule has 3 heteroatoms. The van der Waals surface area contributed by atoms with E-state index in [0.717, 1.165) is 12.1 Å². The molecule has 0 saturated heterocycles. The van der Waals surface area contributed by atoms with Crippen LogP contribution in [0.1, 0.15) is 11.1 Å². The Kier molecular flexibility index (Phi) is 5.99. The molecule has 20 heavy (non-hydrogen) atoms. The molecule has 0 aromatic heterocycles. The van der Waals surface area contributed by atoms with Gasteiger partial charge in [-0.25, -0.2) is 0 Å². The lowest BCUT2D eigenvalue weighted by atomic mass is 10.2. The van der Waals surface area contributed by atoms with Crippen molar-refractivity contribution in [3.05, 3.63) is 71.8 Å². The lowest BCUT2D eigenvalue weighted by molar-refractivity contribution is -0.0477.